The Morgan fingerprint density at radius 3 is 2.23 bits per heavy atom. The number of aliphatic hydroxyl groups excluding tert-OH is 2. The molecule has 2 N–H and O–H groups in total. The fourth-order valence-electron chi connectivity index (χ4n) is 8.77. The van der Waals surface area contributed by atoms with Crippen molar-refractivity contribution < 1.29 is 38.3 Å². The Morgan fingerprint density at radius 1 is 0.915 bits per heavy atom. The Kier molecular flexibility index (Phi) is 10.6. The van der Waals surface area contributed by atoms with Crippen LogP contribution in [-0.4, -0.2) is 84.2 Å². The zero-order valence-electron chi connectivity index (χ0n) is 28.4. The second kappa shape index (κ2) is 14.4. The van der Waals surface area contributed by atoms with Crippen LogP contribution < -0.4 is 10.4 Å². The minimum Gasteiger partial charge on any atom is -0.407 e. The molecule has 1 unspecified atom stereocenters. The Hall–Kier alpha value is -2.18. The first-order valence-electron chi connectivity index (χ1n) is 17.1. The molecule has 2 saturated heterocycles. The van der Waals surface area contributed by atoms with Crippen LogP contribution in [0.2, 0.25) is 5.04 Å². The molecule has 256 valence electrons. The van der Waals surface area contributed by atoms with Crippen molar-refractivity contribution in [3.05, 3.63) is 84.0 Å². The molecule has 2 aromatic rings. The standard InChI is InChI=1S/C38H52O8Si/c1-36(2,3)47(30-11-7-5-8-12-30,31-13-9-6-10-14-31)45-20-17-37-25-28(26-39)23-33-32-16-19-44-38(33,46-35(37)40)34(37)24-29(32)15-18-42-27-43-22-21-41-4/h5-14,23-24,29,32-33,35,39-40H,15-22,25-27H2,1-4H3/t29-,32+,33-,35?,37+,38-/m0/s1. The van der Waals surface area contributed by atoms with Crippen LogP contribution in [0.5, 0.6) is 0 Å². The van der Waals surface area contributed by atoms with Gasteiger partial charge in [-0.05, 0) is 64.1 Å². The van der Waals surface area contributed by atoms with Crippen LogP contribution in [0.3, 0.4) is 0 Å². The van der Waals surface area contributed by atoms with E-state index in [0.29, 0.717) is 45.9 Å². The zero-order valence-corrected chi connectivity index (χ0v) is 29.4. The van der Waals surface area contributed by atoms with Crippen LogP contribution in [0.25, 0.3) is 0 Å². The maximum Gasteiger partial charge on any atom is 0.261 e. The van der Waals surface area contributed by atoms with Crippen LogP contribution in [0.1, 0.15) is 46.5 Å². The van der Waals surface area contributed by atoms with Gasteiger partial charge in [0.05, 0.1) is 38.4 Å². The van der Waals surface area contributed by atoms with Gasteiger partial charge in [0.15, 0.2) is 6.29 Å². The zero-order chi connectivity index (χ0) is 33.1. The summed E-state index contributed by atoms with van der Waals surface area (Å²) in [4.78, 5) is 0. The van der Waals surface area contributed by atoms with Gasteiger partial charge in [-0.1, -0.05) is 93.6 Å². The molecule has 6 atom stereocenters. The number of allylic oxidation sites excluding steroid dienone is 1. The van der Waals surface area contributed by atoms with E-state index in [1.165, 1.54) is 10.4 Å². The van der Waals surface area contributed by atoms with Gasteiger partial charge in [0.25, 0.3) is 8.32 Å². The summed E-state index contributed by atoms with van der Waals surface area (Å²) in [5, 5.41) is 24.8. The molecular formula is C38H52O8Si. The maximum absolute atomic E-state index is 11.9. The predicted molar refractivity (Wildman–Crippen MR) is 183 cm³/mol. The number of aliphatic hydroxyl groups is 2. The number of methoxy groups -OCH3 is 1. The smallest absolute Gasteiger partial charge is 0.261 e. The van der Waals surface area contributed by atoms with Crippen molar-refractivity contribution in [2.24, 2.45) is 23.2 Å². The summed E-state index contributed by atoms with van der Waals surface area (Å²) < 4.78 is 36.9. The average Bonchev–Trinajstić information content (AvgIpc) is 3.23. The molecule has 2 aliphatic heterocycles. The molecule has 0 radical (unpaired) electrons. The molecule has 0 saturated carbocycles. The lowest BCUT2D eigenvalue weighted by Gasteiger charge is -2.50. The van der Waals surface area contributed by atoms with Crippen molar-refractivity contribution in [3.63, 3.8) is 0 Å². The van der Waals surface area contributed by atoms with E-state index >= 15 is 0 Å². The highest BCUT2D eigenvalue weighted by atomic mass is 28.4. The third-order valence-electron chi connectivity index (χ3n) is 10.9. The van der Waals surface area contributed by atoms with Crippen molar-refractivity contribution in [1.82, 2.24) is 0 Å². The largest absolute Gasteiger partial charge is 0.407 e. The highest BCUT2D eigenvalue weighted by Crippen LogP contribution is 2.65. The summed E-state index contributed by atoms with van der Waals surface area (Å²) in [5.41, 5.74) is 1.14. The molecule has 2 heterocycles. The average molecular weight is 665 g/mol. The quantitative estimate of drug-likeness (QED) is 0.124. The third-order valence-corrected chi connectivity index (χ3v) is 16.0. The van der Waals surface area contributed by atoms with Crippen LogP contribution in [-0.2, 0) is 28.1 Å². The van der Waals surface area contributed by atoms with Gasteiger partial charge in [-0.2, -0.15) is 0 Å². The van der Waals surface area contributed by atoms with Crippen LogP contribution in [0, 0.1) is 23.2 Å². The number of hydrogen-bond acceptors (Lipinski definition) is 8. The van der Waals surface area contributed by atoms with Gasteiger partial charge < -0.3 is 38.3 Å². The molecule has 0 amide bonds. The maximum atomic E-state index is 11.9. The molecule has 2 aromatic carbocycles. The highest BCUT2D eigenvalue weighted by Gasteiger charge is 2.68. The molecule has 9 heteroatoms. The number of rotatable bonds is 15. The second-order valence-electron chi connectivity index (χ2n) is 14.5. The SMILES string of the molecule is COCCOCOCC[C@H]1C=C2[C@@]3(CCO[Si](c4ccccc4)(c4ccccc4)C(C)(C)C)CC(CO)=C[C@H]4[C@@H]1CCO[C@@]24OC3O. The van der Waals surface area contributed by atoms with E-state index in [2.05, 4.69) is 93.6 Å². The Bertz CT molecular complexity index is 1350. The molecule has 5 bridgehead atoms. The van der Waals surface area contributed by atoms with Crippen molar-refractivity contribution in [1.29, 1.82) is 0 Å². The molecule has 1 spiro atoms. The summed E-state index contributed by atoms with van der Waals surface area (Å²) in [5.74, 6) is -0.664. The first kappa shape index (κ1) is 34.7. The number of hydrogen-bond donors (Lipinski definition) is 2. The molecule has 2 aliphatic carbocycles. The summed E-state index contributed by atoms with van der Waals surface area (Å²) in [6.07, 6.45) is 6.15. The van der Waals surface area contributed by atoms with E-state index in [1.54, 1.807) is 7.11 Å². The van der Waals surface area contributed by atoms with E-state index in [9.17, 15) is 10.2 Å². The van der Waals surface area contributed by atoms with E-state index in [-0.39, 0.29) is 36.2 Å². The van der Waals surface area contributed by atoms with Gasteiger partial charge in [0.1, 0.15) is 6.79 Å². The van der Waals surface area contributed by atoms with Gasteiger partial charge in [-0.15, -0.1) is 0 Å². The van der Waals surface area contributed by atoms with Gasteiger partial charge in [-0.3, -0.25) is 0 Å². The molecular weight excluding hydrogens is 612 g/mol. The Labute approximate surface area is 280 Å². The summed E-state index contributed by atoms with van der Waals surface area (Å²) in [7, 11) is -1.15. The fourth-order valence-corrected chi connectivity index (χ4v) is 13.3. The number of benzene rings is 2. The van der Waals surface area contributed by atoms with E-state index in [0.717, 1.165) is 24.0 Å². The minimum absolute atomic E-state index is 0.0663. The predicted octanol–water partition coefficient (Wildman–Crippen LogP) is 4.54. The molecule has 47 heavy (non-hydrogen) atoms. The van der Waals surface area contributed by atoms with E-state index in [4.69, 9.17) is 28.1 Å². The van der Waals surface area contributed by atoms with Crippen LogP contribution in [0.15, 0.2) is 84.0 Å². The van der Waals surface area contributed by atoms with Crippen LogP contribution >= 0.6 is 0 Å². The normalized spacial score (nSPS) is 30.1. The molecule has 0 aromatic heterocycles. The lowest BCUT2D eigenvalue weighted by molar-refractivity contribution is -0.300. The first-order chi connectivity index (χ1) is 22.7. The fraction of sp³-hybridized carbons (Fsp3) is 0.579. The lowest BCUT2D eigenvalue weighted by atomic mass is 9.62. The summed E-state index contributed by atoms with van der Waals surface area (Å²) in [6, 6.07) is 21.3. The summed E-state index contributed by atoms with van der Waals surface area (Å²) in [6.45, 7) is 9.55. The monoisotopic (exact) mass is 664 g/mol. The molecule has 6 rings (SSSR count). The Morgan fingerprint density at radius 2 is 1.60 bits per heavy atom. The van der Waals surface area contributed by atoms with Gasteiger partial charge >= 0.3 is 0 Å². The Balaban J connectivity index is 1.32. The topological polar surface area (TPSA) is 95.8 Å². The number of ether oxygens (including phenoxy) is 5. The lowest BCUT2D eigenvalue weighted by Crippen LogP contribution is -2.66. The third kappa shape index (κ3) is 6.24. The van der Waals surface area contributed by atoms with Crippen molar-refractivity contribution in [2.75, 3.05) is 53.5 Å². The van der Waals surface area contributed by atoms with E-state index < -0.39 is 25.8 Å². The van der Waals surface area contributed by atoms with Gasteiger partial charge in [0, 0.05) is 19.6 Å². The van der Waals surface area contributed by atoms with E-state index in [1.807, 2.05) is 0 Å². The van der Waals surface area contributed by atoms with Crippen molar-refractivity contribution in [2.45, 2.75) is 63.6 Å². The van der Waals surface area contributed by atoms with Crippen molar-refractivity contribution >= 4 is 18.7 Å². The van der Waals surface area contributed by atoms with Crippen molar-refractivity contribution in [3.8, 4) is 0 Å². The van der Waals surface area contributed by atoms with Gasteiger partial charge in [-0.25, -0.2) is 0 Å². The minimum atomic E-state index is -2.81. The molecule has 8 nitrogen and oxygen atoms in total. The molecule has 2 fully saturated rings. The molecule has 4 aliphatic rings. The second-order valence-corrected chi connectivity index (χ2v) is 18.8. The van der Waals surface area contributed by atoms with Gasteiger partial charge in [0.2, 0.25) is 5.79 Å². The first-order valence-corrected chi connectivity index (χ1v) is 19.0. The highest BCUT2D eigenvalue weighted by molar-refractivity contribution is 6.99. The summed E-state index contributed by atoms with van der Waals surface area (Å²) >= 11 is 0. The van der Waals surface area contributed by atoms with Crippen LogP contribution in [0.4, 0.5) is 0 Å².